The number of rotatable bonds is 7. The number of nitrogens with one attached hydrogen (secondary N) is 2. The number of hydrogen-bond acceptors (Lipinski definition) is 12. The fourth-order valence-electron chi connectivity index (χ4n) is 7.49. The molecule has 0 radical (unpaired) electrons. The SMILES string of the molecule is Cc1ccc(S(=O)(=O)C2C=Cc3c2ncc2nnc(N4CCCCC4)n32)cc1.Cc1ccc(S(=O)(=O)C2C=Cc3nc(NNC(=O)N4CCCCC4)cnc32)cc1. The lowest BCUT2D eigenvalue weighted by atomic mass is 10.1. The standard InChI is InChI=1S/C20H23N5O3S.C20H21N5O2S/c1-14-5-7-15(8-6-14)29(27,28)17-10-9-16-19(17)21-13-18(22-16)23-24-20(26)25-11-3-2-4-12-25;1-14-5-7-15(8-6-14)28(26,27)17-10-9-16-19(17)21-13-18-22-23-20(25(16)18)24-11-3-2-4-12-24/h5-10,13,17H,2-4,11-12H2,1H3,(H,22,23)(H,24,26);5-10,13,17H,2-4,11-12H2,1H3. The van der Waals surface area contributed by atoms with Gasteiger partial charge in [0, 0.05) is 26.2 Å². The average molecular weight is 809 g/mol. The van der Waals surface area contributed by atoms with Crippen LogP contribution in [0, 0.1) is 13.8 Å². The number of carbonyl (C=O) groups is 1. The number of likely N-dealkylation sites (tertiary alicyclic amines) is 1. The molecule has 0 saturated carbocycles. The minimum absolute atomic E-state index is 0.206. The summed E-state index contributed by atoms with van der Waals surface area (Å²) in [5.41, 5.74) is 10.2. The van der Waals surface area contributed by atoms with E-state index in [2.05, 4.69) is 40.9 Å². The van der Waals surface area contributed by atoms with Crippen LogP contribution in [0.15, 0.2) is 82.9 Å². The highest BCUT2D eigenvalue weighted by atomic mass is 32.2. The maximum Gasteiger partial charge on any atom is 0.336 e. The van der Waals surface area contributed by atoms with E-state index in [0.717, 1.165) is 81.1 Å². The van der Waals surface area contributed by atoms with Gasteiger partial charge in [-0.1, -0.05) is 47.5 Å². The maximum absolute atomic E-state index is 13.2. The van der Waals surface area contributed by atoms with Crippen LogP contribution in [0.1, 0.15) is 82.9 Å². The van der Waals surface area contributed by atoms with Gasteiger partial charge in [-0.2, -0.15) is 0 Å². The second-order valence-electron chi connectivity index (χ2n) is 14.7. The third-order valence-corrected chi connectivity index (χ3v) is 14.6. The fraction of sp³-hybridized carbons (Fsp3) is 0.350. The van der Waals surface area contributed by atoms with E-state index in [1.165, 1.54) is 12.6 Å². The van der Waals surface area contributed by atoms with Crippen molar-refractivity contribution in [2.24, 2.45) is 0 Å². The van der Waals surface area contributed by atoms with Gasteiger partial charge in [-0.15, -0.1) is 10.2 Å². The molecule has 0 spiro atoms. The van der Waals surface area contributed by atoms with Gasteiger partial charge in [-0.05, 0) is 88.8 Å². The van der Waals surface area contributed by atoms with Gasteiger partial charge in [-0.3, -0.25) is 25.2 Å². The number of carbonyl (C=O) groups excluding carboxylic acids is 1. The van der Waals surface area contributed by atoms with E-state index >= 15 is 0 Å². The molecule has 9 rings (SSSR count). The van der Waals surface area contributed by atoms with Crippen molar-refractivity contribution in [1.29, 1.82) is 0 Å². The molecule has 15 nitrogen and oxygen atoms in total. The summed E-state index contributed by atoms with van der Waals surface area (Å²) in [7, 11) is -7.18. The van der Waals surface area contributed by atoms with Gasteiger partial charge in [0.15, 0.2) is 31.1 Å². The Morgan fingerprint density at radius 1 is 0.684 bits per heavy atom. The number of sulfone groups is 2. The second-order valence-corrected chi connectivity index (χ2v) is 18.8. The highest BCUT2D eigenvalue weighted by Gasteiger charge is 2.36. The summed E-state index contributed by atoms with van der Waals surface area (Å²) in [5.74, 6) is 1.12. The Balaban J connectivity index is 0.000000160. The van der Waals surface area contributed by atoms with E-state index in [1.54, 1.807) is 65.7 Å². The number of hydrogen-bond donors (Lipinski definition) is 2. The Kier molecular flexibility index (Phi) is 10.5. The monoisotopic (exact) mass is 808 g/mol. The predicted octanol–water partition coefficient (Wildman–Crippen LogP) is 5.81. The van der Waals surface area contributed by atoms with Crippen molar-refractivity contribution in [2.75, 3.05) is 36.5 Å². The average Bonchev–Trinajstić information content (AvgIpc) is 3.98. The quantitative estimate of drug-likeness (QED) is 0.188. The number of nitrogens with zero attached hydrogens (tertiary/aromatic N) is 8. The molecule has 17 heteroatoms. The first-order chi connectivity index (χ1) is 27.5. The molecule has 57 heavy (non-hydrogen) atoms. The topological polar surface area (TPSA) is 185 Å². The van der Waals surface area contributed by atoms with Crippen LogP contribution in [0.2, 0.25) is 0 Å². The summed E-state index contributed by atoms with van der Waals surface area (Å²) in [5, 5.41) is 6.95. The molecule has 2 fully saturated rings. The predicted molar refractivity (Wildman–Crippen MR) is 217 cm³/mol. The number of anilines is 2. The molecule has 2 N–H and O–H groups in total. The molecule has 5 aromatic rings. The van der Waals surface area contributed by atoms with Gasteiger partial charge in [-0.25, -0.2) is 26.6 Å². The molecule has 0 bridgehead atoms. The maximum atomic E-state index is 13.2. The molecule has 2 aliphatic carbocycles. The smallest absolute Gasteiger partial charge is 0.336 e. The third-order valence-electron chi connectivity index (χ3n) is 10.7. The molecule has 4 aliphatic rings. The number of piperidine rings is 2. The molecule has 2 amide bonds. The molecular weight excluding hydrogens is 765 g/mol. The van der Waals surface area contributed by atoms with Crippen molar-refractivity contribution in [1.82, 2.24) is 39.9 Å². The molecular formula is C40H44N10O5S2. The minimum atomic E-state index is -3.61. The van der Waals surface area contributed by atoms with Crippen molar-refractivity contribution in [3.63, 3.8) is 0 Å². The number of hydrazine groups is 1. The summed E-state index contributed by atoms with van der Waals surface area (Å²) in [6.45, 7) is 7.20. The Morgan fingerprint density at radius 2 is 1.25 bits per heavy atom. The lowest BCUT2D eigenvalue weighted by molar-refractivity contribution is 0.188. The summed E-state index contributed by atoms with van der Waals surface area (Å²) >= 11 is 0. The van der Waals surface area contributed by atoms with Crippen LogP contribution in [0.5, 0.6) is 0 Å². The van der Waals surface area contributed by atoms with Gasteiger partial charge >= 0.3 is 6.03 Å². The number of amides is 2. The van der Waals surface area contributed by atoms with Gasteiger partial charge in [0.05, 0.1) is 45.0 Å². The molecule has 2 aromatic carbocycles. The van der Waals surface area contributed by atoms with E-state index in [1.807, 2.05) is 36.5 Å². The van der Waals surface area contributed by atoms with E-state index in [0.29, 0.717) is 33.4 Å². The Labute approximate surface area is 331 Å². The van der Waals surface area contributed by atoms with Crippen molar-refractivity contribution >= 4 is 55.3 Å². The number of aryl methyl sites for hydroxylation is 2. The van der Waals surface area contributed by atoms with E-state index in [4.69, 9.17) is 0 Å². The Morgan fingerprint density at radius 3 is 1.88 bits per heavy atom. The van der Waals surface area contributed by atoms with Gasteiger partial charge in [0.1, 0.15) is 10.5 Å². The van der Waals surface area contributed by atoms with Gasteiger partial charge in [0.2, 0.25) is 5.95 Å². The first-order valence-corrected chi connectivity index (χ1v) is 22.2. The number of urea groups is 1. The van der Waals surface area contributed by atoms with Gasteiger partial charge in [0.25, 0.3) is 0 Å². The Bertz CT molecular complexity index is 2580. The van der Waals surface area contributed by atoms with E-state index in [9.17, 15) is 21.6 Å². The second kappa shape index (κ2) is 15.7. The van der Waals surface area contributed by atoms with Crippen LogP contribution in [-0.4, -0.2) is 83.5 Å². The molecule has 2 aliphatic heterocycles. The van der Waals surface area contributed by atoms with Crippen LogP contribution in [0.25, 0.3) is 17.8 Å². The first-order valence-electron chi connectivity index (χ1n) is 19.1. The largest absolute Gasteiger partial charge is 0.341 e. The van der Waals surface area contributed by atoms with Crippen LogP contribution in [0.3, 0.4) is 0 Å². The van der Waals surface area contributed by atoms with Crippen LogP contribution >= 0.6 is 0 Å². The van der Waals surface area contributed by atoms with Gasteiger partial charge < -0.3 is 9.80 Å². The minimum Gasteiger partial charge on any atom is -0.341 e. The third kappa shape index (κ3) is 7.60. The Hall–Kier alpha value is -5.68. The van der Waals surface area contributed by atoms with Crippen LogP contribution < -0.4 is 15.8 Å². The van der Waals surface area contributed by atoms with E-state index < -0.39 is 30.2 Å². The molecule has 2 unspecified atom stereocenters. The lowest BCUT2D eigenvalue weighted by Gasteiger charge is -2.26. The molecule has 5 heterocycles. The number of aromatic nitrogens is 6. The zero-order valence-corrected chi connectivity index (χ0v) is 33.4. The zero-order valence-electron chi connectivity index (χ0n) is 31.7. The lowest BCUT2D eigenvalue weighted by Crippen LogP contribution is -2.45. The summed E-state index contributed by atoms with van der Waals surface area (Å²) < 4.78 is 54.4. The number of benzene rings is 2. The van der Waals surface area contributed by atoms with Crippen LogP contribution in [0.4, 0.5) is 16.6 Å². The molecule has 2 saturated heterocycles. The highest BCUT2D eigenvalue weighted by molar-refractivity contribution is 7.92. The fourth-order valence-corrected chi connectivity index (χ4v) is 10.6. The van der Waals surface area contributed by atoms with Crippen LogP contribution in [-0.2, 0) is 19.7 Å². The molecule has 3 aromatic heterocycles. The van der Waals surface area contributed by atoms with Crippen molar-refractivity contribution < 1.29 is 21.6 Å². The normalized spacial score (nSPS) is 18.8. The molecule has 2 atom stereocenters. The summed E-state index contributed by atoms with van der Waals surface area (Å²) in [6, 6.07) is 13.5. The highest BCUT2D eigenvalue weighted by Crippen LogP contribution is 2.38. The summed E-state index contributed by atoms with van der Waals surface area (Å²) in [6.07, 6.45) is 16.5. The van der Waals surface area contributed by atoms with Crippen molar-refractivity contribution in [3.05, 3.63) is 107 Å². The molecule has 296 valence electrons. The zero-order chi connectivity index (χ0) is 39.7. The van der Waals surface area contributed by atoms with E-state index in [-0.39, 0.29) is 10.9 Å². The number of fused-ring (bicyclic) bond motifs is 4. The summed E-state index contributed by atoms with van der Waals surface area (Å²) in [4.78, 5) is 29.9. The van der Waals surface area contributed by atoms with Crippen molar-refractivity contribution in [3.8, 4) is 0 Å². The first kappa shape index (κ1) is 38.2. The van der Waals surface area contributed by atoms with Crippen molar-refractivity contribution in [2.45, 2.75) is 72.7 Å².